The highest BCUT2D eigenvalue weighted by Gasteiger charge is 2.21. The summed E-state index contributed by atoms with van der Waals surface area (Å²) in [5, 5.41) is 2.32. The lowest BCUT2D eigenvalue weighted by Gasteiger charge is -2.13. The number of imidazole rings is 1. The van der Waals surface area contributed by atoms with E-state index in [1.165, 1.54) is 10.1 Å². The van der Waals surface area contributed by atoms with Crippen molar-refractivity contribution in [2.24, 2.45) is 0 Å². The standard InChI is InChI=1S/C40H25N5S/c1-4-14-26(15-5-1)37-42-38(27-16-6-2-7-17-27)44-39(43-37)31-24-28(25-35-36(31)30-20-10-13-23-34(30)46-35)40-41-32-21-11-12-22-33(32)45(40)29-18-8-3-9-19-29/h1-25H. The largest absolute Gasteiger partial charge is 0.292 e. The van der Waals surface area contributed by atoms with E-state index in [9.17, 15) is 0 Å². The van der Waals surface area contributed by atoms with E-state index in [2.05, 4.69) is 83.4 Å². The van der Waals surface area contributed by atoms with Gasteiger partial charge in [-0.1, -0.05) is 109 Å². The quantitative estimate of drug-likeness (QED) is 0.195. The number of para-hydroxylation sites is 3. The van der Waals surface area contributed by atoms with Crippen LogP contribution in [0.25, 0.3) is 82.4 Å². The minimum absolute atomic E-state index is 0.630. The molecule has 216 valence electrons. The van der Waals surface area contributed by atoms with Crippen molar-refractivity contribution in [2.45, 2.75) is 0 Å². The molecule has 5 nitrogen and oxygen atoms in total. The second-order valence-electron chi connectivity index (χ2n) is 11.1. The van der Waals surface area contributed by atoms with E-state index in [0.717, 1.165) is 54.9 Å². The highest BCUT2D eigenvalue weighted by Crippen LogP contribution is 2.43. The molecule has 0 bridgehead atoms. The molecule has 0 amide bonds. The van der Waals surface area contributed by atoms with Crippen molar-refractivity contribution in [2.75, 3.05) is 0 Å². The van der Waals surface area contributed by atoms with Gasteiger partial charge in [-0.15, -0.1) is 11.3 Å². The van der Waals surface area contributed by atoms with Crippen LogP contribution in [0.4, 0.5) is 0 Å². The molecular weight excluding hydrogens is 583 g/mol. The lowest BCUT2D eigenvalue weighted by molar-refractivity contribution is 1.07. The summed E-state index contributed by atoms with van der Waals surface area (Å²) in [6.07, 6.45) is 0. The van der Waals surface area contributed by atoms with Crippen LogP contribution < -0.4 is 0 Å². The van der Waals surface area contributed by atoms with Gasteiger partial charge in [0.05, 0.1) is 11.0 Å². The number of aromatic nitrogens is 5. The Hall–Kier alpha value is -5.98. The minimum atomic E-state index is 0.630. The van der Waals surface area contributed by atoms with Gasteiger partial charge in [-0.2, -0.15) is 0 Å². The van der Waals surface area contributed by atoms with Crippen LogP contribution in [-0.2, 0) is 0 Å². The van der Waals surface area contributed by atoms with E-state index in [0.29, 0.717) is 17.5 Å². The Morgan fingerprint density at radius 1 is 0.457 bits per heavy atom. The van der Waals surface area contributed by atoms with Crippen molar-refractivity contribution in [1.82, 2.24) is 24.5 Å². The van der Waals surface area contributed by atoms with Gasteiger partial charge in [0.15, 0.2) is 17.5 Å². The average molecular weight is 608 g/mol. The molecule has 46 heavy (non-hydrogen) atoms. The van der Waals surface area contributed by atoms with Crippen LogP contribution >= 0.6 is 11.3 Å². The first-order valence-corrected chi connectivity index (χ1v) is 16.0. The Morgan fingerprint density at radius 2 is 1.04 bits per heavy atom. The molecule has 0 radical (unpaired) electrons. The Bertz CT molecular complexity index is 2460. The Balaban J connectivity index is 1.37. The van der Waals surface area contributed by atoms with Gasteiger partial charge < -0.3 is 0 Å². The summed E-state index contributed by atoms with van der Waals surface area (Å²) in [6, 6.07) is 52.0. The number of rotatable bonds is 5. The third kappa shape index (κ3) is 4.47. The van der Waals surface area contributed by atoms with E-state index < -0.39 is 0 Å². The number of hydrogen-bond acceptors (Lipinski definition) is 5. The Kier molecular flexibility index (Phi) is 6.25. The predicted octanol–water partition coefficient (Wildman–Crippen LogP) is 10.2. The summed E-state index contributed by atoms with van der Waals surface area (Å²) in [5.74, 6) is 2.78. The monoisotopic (exact) mass is 607 g/mol. The first-order valence-electron chi connectivity index (χ1n) is 15.2. The maximum Gasteiger partial charge on any atom is 0.164 e. The summed E-state index contributed by atoms with van der Waals surface area (Å²) in [4.78, 5) is 20.5. The van der Waals surface area contributed by atoms with Gasteiger partial charge in [-0.3, -0.25) is 4.57 Å². The zero-order valence-corrected chi connectivity index (χ0v) is 25.4. The van der Waals surface area contributed by atoms with Crippen LogP contribution in [0.1, 0.15) is 0 Å². The van der Waals surface area contributed by atoms with Gasteiger partial charge in [0.25, 0.3) is 0 Å². The second kappa shape index (κ2) is 10.9. The van der Waals surface area contributed by atoms with Gasteiger partial charge in [0.1, 0.15) is 5.82 Å². The summed E-state index contributed by atoms with van der Waals surface area (Å²) < 4.78 is 4.61. The van der Waals surface area contributed by atoms with Gasteiger partial charge in [0, 0.05) is 48.1 Å². The van der Waals surface area contributed by atoms with Crippen LogP contribution in [0.3, 0.4) is 0 Å². The van der Waals surface area contributed by atoms with E-state index in [1.54, 1.807) is 11.3 Å². The molecule has 0 N–H and O–H groups in total. The summed E-state index contributed by atoms with van der Waals surface area (Å²) in [6.45, 7) is 0. The van der Waals surface area contributed by atoms with Crippen molar-refractivity contribution in [3.8, 4) is 51.2 Å². The maximum absolute atomic E-state index is 5.20. The van der Waals surface area contributed by atoms with Crippen LogP contribution in [-0.4, -0.2) is 24.5 Å². The van der Waals surface area contributed by atoms with E-state index in [1.807, 2.05) is 72.8 Å². The molecule has 9 aromatic rings. The Morgan fingerprint density at radius 3 is 1.76 bits per heavy atom. The topological polar surface area (TPSA) is 56.5 Å². The molecule has 9 rings (SSSR count). The summed E-state index contributed by atoms with van der Waals surface area (Å²) in [5.41, 5.74) is 6.89. The number of fused-ring (bicyclic) bond motifs is 4. The molecule has 0 unspecified atom stereocenters. The molecule has 0 saturated heterocycles. The fourth-order valence-corrected chi connectivity index (χ4v) is 7.32. The summed E-state index contributed by atoms with van der Waals surface area (Å²) in [7, 11) is 0. The molecule has 0 saturated carbocycles. The normalized spacial score (nSPS) is 11.5. The van der Waals surface area contributed by atoms with Crippen LogP contribution in [0.2, 0.25) is 0 Å². The lowest BCUT2D eigenvalue weighted by Crippen LogP contribution is -2.01. The van der Waals surface area contributed by atoms with E-state index in [-0.39, 0.29) is 0 Å². The molecule has 0 spiro atoms. The number of nitrogens with zero attached hydrogens (tertiary/aromatic N) is 5. The number of hydrogen-bond donors (Lipinski definition) is 0. The predicted molar refractivity (Wildman–Crippen MR) is 189 cm³/mol. The zero-order chi connectivity index (χ0) is 30.5. The molecule has 6 aromatic carbocycles. The fourth-order valence-electron chi connectivity index (χ4n) is 6.15. The second-order valence-corrected chi connectivity index (χ2v) is 12.2. The highest BCUT2D eigenvalue weighted by atomic mass is 32.1. The van der Waals surface area contributed by atoms with Crippen LogP contribution in [0.5, 0.6) is 0 Å². The van der Waals surface area contributed by atoms with Crippen molar-refractivity contribution < 1.29 is 0 Å². The highest BCUT2D eigenvalue weighted by molar-refractivity contribution is 7.26. The molecule has 0 aliphatic heterocycles. The van der Waals surface area contributed by atoms with Gasteiger partial charge in [-0.25, -0.2) is 19.9 Å². The lowest BCUT2D eigenvalue weighted by atomic mass is 10.0. The van der Waals surface area contributed by atoms with Crippen molar-refractivity contribution >= 4 is 42.5 Å². The molecule has 0 fully saturated rings. The smallest absolute Gasteiger partial charge is 0.164 e. The SMILES string of the molecule is c1ccc(-c2nc(-c3ccccc3)nc(-c3cc(-c4nc5ccccc5n4-c4ccccc4)cc4sc5ccccc5c34)n2)cc1. The molecule has 0 atom stereocenters. The first-order chi connectivity index (χ1) is 22.8. The Labute approximate surface area is 269 Å². The first kappa shape index (κ1) is 26.4. The van der Waals surface area contributed by atoms with E-state index in [4.69, 9.17) is 19.9 Å². The zero-order valence-electron chi connectivity index (χ0n) is 24.6. The van der Waals surface area contributed by atoms with Crippen molar-refractivity contribution in [3.63, 3.8) is 0 Å². The average Bonchev–Trinajstić information content (AvgIpc) is 3.71. The molecule has 3 heterocycles. The van der Waals surface area contributed by atoms with E-state index >= 15 is 0 Å². The van der Waals surface area contributed by atoms with Crippen LogP contribution in [0, 0.1) is 0 Å². The van der Waals surface area contributed by atoms with Gasteiger partial charge in [0.2, 0.25) is 0 Å². The molecule has 0 aliphatic rings. The molecular formula is C40H25N5S. The van der Waals surface area contributed by atoms with Crippen molar-refractivity contribution in [1.29, 1.82) is 0 Å². The van der Waals surface area contributed by atoms with Gasteiger partial charge >= 0.3 is 0 Å². The number of benzene rings is 6. The third-order valence-electron chi connectivity index (χ3n) is 8.25. The van der Waals surface area contributed by atoms with Crippen molar-refractivity contribution in [3.05, 3.63) is 152 Å². The third-order valence-corrected chi connectivity index (χ3v) is 9.37. The summed E-state index contributed by atoms with van der Waals surface area (Å²) >= 11 is 1.78. The molecule has 0 aliphatic carbocycles. The molecule has 6 heteroatoms. The number of thiophene rings is 1. The maximum atomic E-state index is 5.20. The van der Waals surface area contributed by atoms with Gasteiger partial charge in [-0.05, 0) is 42.5 Å². The fraction of sp³-hybridized carbons (Fsp3) is 0. The minimum Gasteiger partial charge on any atom is -0.292 e. The van der Waals surface area contributed by atoms with Crippen LogP contribution in [0.15, 0.2) is 152 Å². The molecule has 3 aromatic heterocycles.